The molecule has 0 aliphatic carbocycles. The van der Waals surface area contributed by atoms with Gasteiger partial charge in [0.05, 0.1) is 12.1 Å². The third-order valence-corrected chi connectivity index (χ3v) is 4.16. The molecule has 20 heavy (non-hydrogen) atoms. The largest absolute Gasteiger partial charge is 0.464 e. The van der Waals surface area contributed by atoms with Crippen LogP contribution in [0.25, 0.3) is 10.7 Å². The number of carbonyl (C=O) groups excluding carboxylic acids is 2. The molecule has 106 valence electrons. The number of amides is 1. The second-order valence-electron chi connectivity index (χ2n) is 3.89. The highest BCUT2D eigenvalue weighted by Gasteiger charge is 2.13. The predicted molar refractivity (Wildman–Crippen MR) is 76.9 cm³/mol. The molecule has 8 heteroatoms. The van der Waals surface area contributed by atoms with Crippen LogP contribution in [-0.2, 0) is 16.0 Å². The fourth-order valence-corrected chi connectivity index (χ4v) is 3.07. The summed E-state index contributed by atoms with van der Waals surface area (Å²) >= 11 is 2.86. The number of aromatic nitrogens is 2. The van der Waals surface area contributed by atoms with Gasteiger partial charge in [-0.1, -0.05) is 0 Å². The van der Waals surface area contributed by atoms with Crippen molar-refractivity contribution in [2.24, 2.45) is 0 Å². The zero-order valence-corrected chi connectivity index (χ0v) is 12.6. The molecule has 2 aromatic heterocycles. The number of methoxy groups -OCH3 is 1. The Morgan fingerprint density at radius 3 is 2.80 bits per heavy atom. The number of ether oxygens (including phenoxy) is 1. The lowest BCUT2D eigenvalue weighted by atomic mass is 10.4. The third-order valence-electron chi connectivity index (χ3n) is 2.38. The fourth-order valence-electron chi connectivity index (χ4n) is 1.46. The molecule has 2 heterocycles. The molecule has 1 N–H and O–H groups in total. The highest BCUT2D eigenvalue weighted by Crippen LogP contribution is 2.25. The van der Waals surface area contributed by atoms with Gasteiger partial charge in [-0.2, -0.15) is 0 Å². The van der Waals surface area contributed by atoms with Gasteiger partial charge in [0, 0.05) is 30.6 Å². The summed E-state index contributed by atoms with van der Waals surface area (Å²) in [6, 6.07) is 0. The number of rotatable bonds is 5. The zero-order valence-electron chi connectivity index (χ0n) is 11.0. The summed E-state index contributed by atoms with van der Waals surface area (Å²) in [5.74, 6) is -0.502. The van der Waals surface area contributed by atoms with Gasteiger partial charge in [0.15, 0.2) is 5.69 Å². The summed E-state index contributed by atoms with van der Waals surface area (Å²) in [6.07, 6.45) is 0.680. The lowest BCUT2D eigenvalue weighted by Crippen LogP contribution is -2.22. The summed E-state index contributed by atoms with van der Waals surface area (Å²) in [4.78, 5) is 30.7. The van der Waals surface area contributed by atoms with Crippen molar-refractivity contribution in [1.82, 2.24) is 15.3 Å². The lowest BCUT2D eigenvalue weighted by Gasteiger charge is -1.97. The highest BCUT2D eigenvalue weighted by molar-refractivity contribution is 7.14. The number of hydrogen-bond acceptors (Lipinski definition) is 7. The molecule has 0 saturated heterocycles. The molecule has 0 aliphatic rings. The average molecular weight is 311 g/mol. The highest BCUT2D eigenvalue weighted by atomic mass is 32.1. The Kier molecular flexibility index (Phi) is 4.80. The van der Waals surface area contributed by atoms with E-state index >= 15 is 0 Å². The summed E-state index contributed by atoms with van der Waals surface area (Å²) in [7, 11) is 1.32. The third kappa shape index (κ3) is 3.61. The molecule has 0 aromatic carbocycles. The second kappa shape index (κ2) is 6.58. The maximum absolute atomic E-state index is 11.3. The van der Waals surface area contributed by atoms with Crippen molar-refractivity contribution < 1.29 is 14.3 Å². The Morgan fingerprint density at radius 2 is 2.10 bits per heavy atom. The number of esters is 1. The first-order chi connectivity index (χ1) is 9.60. The van der Waals surface area contributed by atoms with Gasteiger partial charge < -0.3 is 10.1 Å². The Morgan fingerprint density at radius 1 is 1.30 bits per heavy atom. The molecule has 2 aromatic rings. The van der Waals surface area contributed by atoms with E-state index in [9.17, 15) is 9.59 Å². The topological polar surface area (TPSA) is 81.2 Å². The van der Waals surface area contributed by atoms with Crippen molar-refractivity contribution in [2.45, 2.75) is 13.3 Å². The maximum atomic E-state index is 11.3. The van der Waals surface area contributed by atoms with Crippen LogP contribution in [0.5, 0.6) is 0 Å². The maximum Gasteiger partial charge on any atom is 0.357 e. The molecule has 0 unspecified atom stereocenters. The van der Waals surface area contributed by atoms with Crippen LogP contribution in [0.15, 0.2) is 10.8 Å². The first-order valence-corrected chi connectivity index (χ1v) is 7.59. The Bertz CT molecular complexity index is 621. The molecule has 0 bridgehead atoms. The number of nitrogens with one attached hydrogen (secondary N) is 1. The molecule has 0 radical (unpaired) electrons. The number of nitrogens with zero attached hydrogens (tertiary/aromatic N) is 2. The first kappa shape index (κ1) is 14.6. The van der Waals surface area contributed by atoms with Crippen LogP contribution < -0.4 is 5.32 Å². The van der Waals surface area contributed by atoms with E-state index in [-0.39, 0.29) is 5.91 Å². The molecular formula is C12H13N3O3S2. The van der Waals surface area contributed by atoms with Crippen molar-refractivity contribution in [3.8, 4) is 10.7 Å². The van der Waals surface area contributed by atoms with E-state index in [0.717, 1.165) is 10.7 Å². The molecule has 0 fully saturated rings. The minimum atomic E-state index is -0.450. The van der Waals surface area contributed by atoms with E-state index in [0.29, 0.717) is 23.7 Å². The molecule has 1 amide bonds. The van der Waals surface area contributed by atoms with Gasteiger partial charge in [-0.3, -0.25) is 4.79 Å². The molecule has 0 saturated carbocycles. The molecule has 2 rings (SSSR count). The van der Waals surface area contributed by atoms with E-state index in [1.165, 1.54) is 36.7 Å². The fraction of sp³-hybridized carbons (Fsp3) is 0.333. The van der Waals surface area contributed by atoms with E-state index in [1.807, 2.05) is 5.38 Å². The zero-order chi connectivity index (χ0) is 14.5. The van der Waals surface area contributed by atoms with E-state index in [1.54, 1.807) is 5.38 Å². The Balaban J connectivity index is 2.03. The van der Waals surface area contributed by atoms with E-state index in [4.69, 9.17) is 0 Å². The number of hydrogen-bond donors (Lipinski definition) is 1. The van der Waals surface area contributed by atoms with Gasteiger partial charge in [0.1, 0.15) is 10.7 Å². The molecular weight excluding hydrogens is 298 g/mol. The Hall–Kier alpha value is -1.80. The summed E-state index contributed by atoms with van der Waals surface area (Å²) in [5, 5.41) is 7.87. The molecule has 0 aliphatic heterocycles. The minimum absolute atomic E-state index is 0.0515. The summed E-state index contributed by atoms with van der Waals surface area (Å²) < 4.78 is 4.61. The first-order valence-electron chi connectivity index (χ1n) is 5.83. The standard InChI is InChI=1S/C12H13N3O3S2/c1-7(16)13-4-3-10-14-8(5-19-10)11-15-9(6-20-11)12(17)18-2/h5-6H,3-4H2,1-2H3,(H,13,16). The molecule has 0 spiro atoms. The smallest absolute Gasteiger partial charge is 0.357 e. The monoisotopic (exact) mass is 311 g/mol. The van der Waals surface area contributed by atoms with Crippen LogP contribution in [0.1, 0.15) is 22.4 Å². The van der Waals surface area contributed by atoms with E-state index < -0.39 is 5.97 Å². The van der Waals surface area contributed by atoms with Crippen molar-refractivity contribution in [3.05, 3.63) is 21.5 Å². The molecule has 0 atom stereocenters. The average Bonchev–Trinajstić information content (AvgIpc) is 3.05. The van der Waals surface area contributed by atoms with Crippen LogP contribution in [0.3, 0.4) is 0 Å². The van der Waals surface area contributed by atoms with Crippen LogP contribution in [-0.4, -0.2) is 35.5 Å². The van der Waals surface area contributed by atoms with E-state index in [2.05, 4.69) is 20.0 Å². The quantitative estimate of drug-likeness (QED) is 0.851. The van der Waals surface area contributed by atoms with Gasteiger partial charge in [-0.15, -0.1) is 22.7 Å². The Labute approximate surface area is 123 Å². The minimum Gasteiger partial charge on any atom is -0.464 e. The van der Waals surface area contributed by atoms with Gasteiger partial charge in [-0.25, -0.2) is 14.8 Å². The van der Waals surface area contributed by atoms with Crippen LogP contribution in [0.2, 0.25) is 0 Å². The lowest BCUT2D eigenvalue weighted by molar-refractivity contribution is -0.118. The van der Waals surface area contributed by atoms with Crippen molar-refractivity contribution in [2.75, 3.05) is 13.7 Å². The van der Waals surface area contributed by atoms with Crippen LogP contribution in [0, 0.1) is 0 Å². The van der Waals surface area contributed by atoms with Crippen LogP contribution >= 0.6 is 22.7 Å². The van der Waals surface area contributed by atoms with Gasteiger partial charge in [-0.05, 0) is 0 Å². The van der Waals surface area contributed by atoms with Gasteiger partial charge in [0.25, 0.3) is 0 Å². The second-order valence-corrected chi connectivity index (χ2v) is 5.69. The van der Waals surface area contributed by atoms with Gasteiger partial charge >= 0.3 is 5.97 Å². The van der Waals surface area contributed by atoms with Crippen molar-refractivity contribution in [3.63, 3.8) is 0 Å². The summed E-state index contributed by atoms with van der Waals surface area (Å²) in [6.45, 7) is 2.05. The number of thiazole rings is 2. The SMILES string of the molecule is COC(=O)c1csc(-c2csc(CCNC(C)=O)n2)n1. The summed E-state index contributed by atoms with van der Waals surface area (Å²) in [5.41, 5.74) is 1.04. The van der Waals surface area contributed by atoms with Crippen LogP contribution in [0.4, 0.5) is 0 Å². The van der Waals surface area contributed by atoms with Crippen molar-refractivity contribution >= 4 is 34.6 Å². The van der Waals surface area contributed by atoms with Crippen molar-refractivity contribution in [1.29, 1.82) is 0 Å². The molecule has 6 nitrogen and oxygen atoms in total. The predicted octanol–water partition coefficient (Wildman–Crippen LogP) is 1.73. The van der Waals surface area contributed by atoms with Gasteiger partial charge in [0.2, 0.25) is 5.91 Å². The normalized spacial score (nSPS) is 10.3. The number of carbonyl (C=O) groups is 2.